The van der Waals surface area contributed by atoms with Crippen LogP contribution in [0.4, 0.5) is 0 Å². The molecule has 2 aromatic carbocycles. The van der Waals surface area contributed by atoms with E-state index in [4.69, 9.17) is 9.47 Å². The number of hydrogen-bond acceptors (Lipinski definition) is 5. The molecule has 2 heterocycles. The van der Waals surface area contributed by atoms with Gasteiger partial charge in [-0.3, -0.25) is 4.79 Å². The lowest BCUT2D eigenvalue weighted by Gasteiger charge is -2.31. The number of ether oxygens (including phenoxy) is 2. The molecule has 0 spiro atoms. The molecule has 8 heteroatoms. The fourth-order valence-corrected chi connectivity index (χ4v) is 5.57. The Bertz CT molecular complexity index is 1030. The largest absolute Gasteiger partial charge is 0.486 e. The van der Waals surface area contributed by atoms with Crippen LogP contribution in [0.25, 0.3) is 0 Å². The number of para-hydroxylation sites is 2. The van der Waals surface area contributed by atoms with Gasteiger partial charge in [0.2, 0.25) is 15.9 Å². The Morgan fingerprint density at radius 1 is 1.10 bits per heavy atom. The molecule has 1 fully saturated rings. The smallest absolute Gasteiger partial charge is 0.223 e. The highest BCUT2D eigenvalue weighted by molar-refractivity contribution is 7.88. The summed E-state index contributed by atoms with van der Waals surface area (Å²) >= 11 is 0. The Morgan fingerprint density at radius 2 is 1.84 bits per heavy atom. The van der Waals surface area contributed by atoms with Gasteiger partial charge in [0.05, 0.1) is 12.3 Å². The summed E-state index contributed by atoms with van der Waals surface area (Å²) in [6.07, 6.45) is 0.793. The number of piperidine rings is 1. The standard InChI is InChI=1S/C23H28N2O5S/c1-17-5-4-6-18(13-17)16-31(27,28)25-11-9-19(10-12-25)23(26)24-14-20-15-29-21-7-2-3-8-22(21)30-20/h2-8,13,19-20H,9-12,14-16H2,1H3,(H,24,26)/t20-/m0/s1. The van der Waals surface area contributed by atoms with E-state index in [1.165, 1.54) is 4.31 Å². The number of nitrogens with one attached hydrogen (secondary N) is 1. The van der Waals surface area contributed by atoms with Crippen molar-refractivity contribution >= 4 is 15.9 Å². The van der Waals surface area contributed by atoms with Crippen LogP contribution >= 0.6 is 0 Å². The quantitative estimate of drug-likeness (QED) is 0.740. The molecule has 31 heavy (non-hydrogen) atoms. The van der Waals surface area contributed by atoms with Gasteiger partial charge in [0.25, 0.3) is 0 Å². The summed E-state index contributed by atoms with van der Waals surface area (Å²) in [5.41, 5.74) is 1.83. The van der Waals surface area contributed by atoms with Gasteiger partial charge in [0.1, 0.15) is 12.7 Å². The molecule has 0 saturated carbocycles. The van der Waals surface area contributed by atoms with E-state index >= 15 is 0 Å². The molecule has 1 atom stereocenters. The number of rotatable bonds is 6. The lowest BCUT2D eigenvalue weighted by molar-refractivity contribution is -0.126. The topological polar surface area (TPSA) is 84.9 Å². The second-order valence-corrected chi connectivity index (χ2v) is 10.1. The van der Waals surface area contributed by atoms with Crippen molar-refractivity contribution in [3.8, 4) is 11.5 Å². The minimum absolute atomic E-state index is 0.00790. The molecule has 1 saturated heterocycles. The summed E-state index contributed by atoms with van der Waals surface area (Å²) in [7, 11) is -3.39. The molecule has 4 rings (SSSR count). The van der Waals surface area contributed by atoms with E-state index in [2.05, 4.69) is 5.32 Å². The minimum atomic E-state index is -3.39. The maximum atomic E-state index is 12.8. The number of carbonyl (C=O) groups excluding carboxylic acids is 1. The first kappa shape index (κ1) is 21.6. The van der Waals surface area contributed by atoms with Crippen LogP contribution in [0.3, 0.4) is 0 Å². The zero-order valence-electron chi connectivity index (χ0n) is 17.6. The van der Waals surface area contributed by atoms with Gasteiger partial charge < -0.3 is 14.8 Å². The minimum Gasteiger partial charge on any atom is -0.486 e. The van der Waals surface area contributed by atoms with Gasteiger partial charge in [-0.05, 0) is 37.5 Å². The van der Waals surface area contributed by atoms with E-state index in [0.29, 0.717) is 50.6 Å². The summed E-state index contributed by atoms with van der Waals surface area (Å²) in [5.74, 6) is 1.14. The highest BCUT2D eigenvalue weighted by Gasteiger charge is 2.31. The number of benzene rings is 2. The molecule has 0 bridgehead atoms. The predicted octanol–water partition coefficient (Wildman–Crippen LogP) is 2.49. The molecular weight excluding hydrogens is 416 g/mol. The van der Waals surface area contributed by atoms with Crippen molar-refractivity contribution in [1.82, 2.24) is 9.62 Å². The second kappa shape index (κ2) is 9.28. The monoisotopic (exact) mass is 444 g/mol. The fourth-order valence-electron chi connectivity index (χ4n) is 4.02. The summed E-state index contributed by atoms with van der Waals surface area (Å²) in [5, 5.41) is 2.94. The van der Waals surface area contributed by atoms with Crippen LogP contribution in [0.15, 0.2) is 48.5 Å². The van der Waals surface area contributed by atoms with Crippen molar-refractivity contribution < 1.29 is 22.7 Å². The van der Waals surface area contributed by atoms with Crippen molar-refractivity contribution in [2.75, 3.05) is 26.2 Å². The van der Waals surface area contributed by atoms with Crippen LogP contribution in [-0.2, 0) is 20.6 Å². The highest BCUT2D eigenvalue weighted by atomic mass is 32.2. The Morgan fingerprint density at radius 3 is 2.58 bits per heavy atom. The highest BCUT2D eigenvalue weighted by Crippen LogP contribution is 2.30. The SMILES string of the molecule is Cc1cccc(CS(=O)(=O)N2CCC(C(=O)NC[C@H]3COc4ccccc4O3)CC2)c1. The van der Waals surface area contributed by atoms with Crippen molar-refractivity contribution in [2.24, 2.45) is 5.92 Å². The van der Waals surface area contributed by atoms with Crippen molar-refractivity contribution in [2.45, 2.75) is 31.6 Å². The first-order valence-electron chi connectivity index (χ1n) is 10.6. The molecule has 2 aliphatic heterocycles. The van der Waals surface area contributed by atoms with Gasteiger partial charge >= 0.3 is 0 Å². The molecule has 7 nitrogen and oxygen atoms in total. The summed E-state index contributed by atoms with van der Waals surface area (Å²) < 4.78 is 38.6. The van der Waals surface area contributed by atoms with E-state index in [9.17, 15) is 13.2 Å². The predicted molar refractivity (Wildman–Crippen MR) is 117 cm³/mol. The molecule has 2 aromatic rings. The van der Waals surface area contributed by atoms with Crippen LogP contribution in [0, 0.1) is 12.8 Å². The number of sulfonamides is 1. The molecule has 2 aliphatic rings. The van der Waals surface area contributed by atoms with Gasteiger partial charge in [-0.15, -0.1) is 0 Å². The van der Waals surface area contributed by atoms with E-state index in [1.807, 2.05) is 55.5 Å². The molecule has 0 unspecified atom stereocenters. The number of fused-ring (bicyclic) bond motifs is 1. The maximum Gasteiger partial charge on any atom is 0.223 e. The third-order valence-electron chi connectivity index (χ3n) is 5.72. The fraction of sp³-hybridized carbons (Fsp3) is 0.435. The molecule has 166 valence electrons. The molecule has 0 radical (unpaired) electrons. The Hall–Kier alpha value is -2.58. The zero-order chi connectivity index (χ0) is 21.8. The molecule has 0 aliphatic carbocycles. The Balaban J connectivity index is 1.24. The van der Waals surface area contributed by atoms with Crippen LogP contribution in [0.1, 0.15) is 24.0 Å². The first-order valence-corrected chi connectivity index (χ1v) is 12.2. The first-order chi connectivity index (χ1) is 14.9. The van der Waals surface area contributed by atoms with E-state index in [0.717, 1.165) is 11.1 Å². The summed E-state index contributed by atoms with van der Waals surface area (Å²) in [6.45, 7) is 3.42. The Labute approximate surface area is 183 Å². The average Bonchev–Trinajstić information content (AvgIpc) is 2.77. The van der Waals surface area contributed by atoms with Crippen LogP contribution < -0.4 is 14.8 Å². The van der Waals surface area contributed by atoms with Crippen molar-refractivity contribution in [3.63, 3.8) is 0 Å². The van der Waals surface area contributed by atoms with Crippen LogP contribution in [0.5, 0.6) is 11.5 Å². The van der Waals surface area contributed by atoms with Gasteiger partial charge in [0, 0.05) is 19.0 Å². The second-order valence-electron chi connectivity index (χ2n) is 8.16. The van der Waals surface area contributed by atoms with E-state index in [-0.39, 0.29) is 23.7 Å². The lowest BCUT2D eigenvalue weighted by atomic mass is 9.97. The summed E-state index contributed by atoms with van der Waals surface area (Å²) in [4.78, 5) is 12.6. The Kier molecular flexibility index (Phi) is 6.48. The third-order valence-corrected chi connectivity index (χ3v) is 7.57. The normalized spacial score (nSPS) is 19.7. The molecular formula is C23H28N2O5S. The van der Waals surface area contributed by atoms with Crippen molar-refractivity contribution in [1.29, 1.82) is 0 Å². The third kappa shape index (κ3) is 5.37. The number of nitrogens with zero attached hydrogens (tertiary/aromatic N) is 1. The van der Waals surface area contributed by atoms with Gasteiger partial charge in [-0.2, -0.15) is 0 Å². The number of aryl methyl sites for hydroxylation is 1. The van der Waals surface area contributed by atoms with Crippen molar-refractivity contribution in [3.05, 3.63) is 59.7 Å². The van der Waals surface area contributed by atoms with Gasteiger partial charge in [0.15, 0.2) is 11.5 Å². The maximum absolute atomic E-state index is 12.8. The van der Waals surface area contributed by atoms with E-state index < -0.39 is 10.0 Å². The van der Waals surface area contributed by atoms with Gasteiger partial charge in [-0.25, -0.2) is 12.7 Å². The average molecular weight is 445 g/mol. The number of carbonyl (C=O) groups is 1. The van der Waals surface area contributed by atoms with Gasteiger partial charge in [-0.1, -0.05) is 42.0 Å². The van der Waals surface area contributed by atoms with Crippen LogP contribution in [0.2, 0.25) is 0 Å². The van der Waals surface area contributed by atoms with Crippen LogP contribution in [-0.4, -0.2) is 51.0 Å². The lowest BCUT2D eigenvalue weighted by Crippen LogP contribution is -2.46. The number of amides is 1. The zero-order valence-corrected chi connectivity index (χ0v) is 18.4. The molecule has 0 aromatic heterocycles. The number of hydrogen-bond donors (Lipinski definition) is 1. The summed E-state index contributed by atoms with van der Waals surface area (Å²) in [6, 6.07) is 15.0. The molecule has 1 N–H and O–H groups in total. The molecule has 1 amide bonds. The van der Waals surface area contributed by atoms with E-state index in [1.54, 1.807) is 0 Å².